The molecule has 5 heteroatoms. The van der Waals surface area contributed by atoms with E-state index >= 15 is 0 Å². The third-order valence-corrected chi connectivity index (χ3v) is 3.44. The second-order valence-electron chi connectivity index (χ2n) is 5.98. The molecule has 0 aliphatic heterocycles. The molecule has 20 heavy (non-hydrogen) atoms. The van der Waals surface area contributed by atoms with Crippen molar-refractivity contribution in [3.63, 3.8) is 0 Å². The molecular weight excluding hydrogens is 268 g/mol. The average Bonchev–Trinajstić information content (AvgIpc) is 2.38. The summed E-state index contributed by atoms with van der Waals surface area (Å²) in [6.07, 6.45) is 3.87. The van der Waals surface area contributed by atoms with Crippen LogP contribution in [-0.4, -0.2) is 28.3 Å². The molecule has 0 spiro atoms. The molecule has 1 heterocycles. The van der Waals surface area contributed by atoms with Crippen LogP contribution in [0.1, 0.15) is 46.1 Å². The largest absolute Gasteiger partial charge is 0.389 e. The van der Waals surface area contributed by atoms with E-state index in [1.165, 1.54) is 0 Å². The summed E-state index contributed by atoms with van der Waals surface area (Å²) in [6.45, 7) is 10.8. The van der Waals surface area contributed by atoms with Crippen LogP contribution in [0.3, 0.4) is 0 Å². The minimum atomic E-state index is 0.383. The zero-order valence-corrected chi connectivity index (χ0v) is 13.8. The summed E-state index contributed by atoms with van der Waals surface area (Å²) < 4.78 is 0. The lowest BCUT2D eigenvalue weighted by molar-refractivity contribution is 0.531. The molecule has 1 aromatic rings. The van der Waals surface area contributed by atoms with Gasteiger partial charge >= 0.3 is 0 Å². The zero-order valence-electron chi connectivity index (χ0n) is 13.0. The van der Waals surface area contributed by atoms with Gasteiger partial charge in [-0.25, -0.2) is 0 Å². The molecule has 0 unspecified atom stereocenters. The van der Waals surface area contributed by atoms with Gasteiger partial charge in [0, 0.05) is 13.1 Å². The van der Waals surface area contributed by atoms with Gasteiger partial charge in [-0.15, -0.1) is 5.10 Å². The first kappa shape index (κ1) is 16.8. The standard InChI is InChI=1S/C15H26N4S/c1-11(2)6-9-19(10-7-12(3)4)15-13(14(16)20)5-8-17-18-15/h5,8,11-12H,6-7,9-10H2,1-4H3,(H2,16,20). The first-order chi connectivity index (χ1) is 9.41. The molecule has 0 amide bonds. The molecular formula is C15H26N4S. The van der Waals surface area contributed by atoms with Crippen molar-refractivity contribution >= 4 is 23.0 Å². The summed E-state index contributed by atoms with van der Waals surface area (Å²) in [6, 6.07) is 1.85. The van der Waals surface area contributed by atoms with Crippen LogP contribution in [0.15, 0.2) is 12.3 Å². The van der Waals surface area contributed by atoms with E-state index in [0.717, 1.165) is 37.3 Å². The summed E-state index contributed by atoms with van der Waals surface area (Å²) in [4.78, 5) is 2.65. The van der Waals surface area contributed by atoms with Gasteiger partial charge in [-0.3, -0.25) is 0 Å². The predicted molar refractivity (Wildman–Crippen MR) is 89.0 cm³/mol. The van der Waals surface area contributed by atoms with Gasteiger partial charge in [-0.1, -0.05) is 39.9 Å². The van der Waals surface area contributed by atoms with E-state index in [-0.39, 0.29) is 0 Å². The highest BCUT2D eigenvalue weighted by molar-refractivity contribution is 7.80. The monoisotopic (exact) mass is 294 g/mol. The smallest absolute Gasteiger partial charge is 0.161 e. The molecule has 112 valence electrons. The third-order valence-electron chi connectivity index (χ3n) is 3.22. The van der Waals surface area contributed by atoms with E-state index in [2.05, 4.69) is 42.8 Å². The molecule has 0 saturated heterocycles. The number of hydrogen-bond donors (Lipinski definition) is 1. The summed E-state index contributed by atoms with van der Waals surface area (Å²) in [5.41, 5.74) is 6.62. The minimum absolute atomic E-state index is 0.383. The molecule has 0 radical (unpaired) electrons. The van der Waals surface area contributed by atoms with Crippen LogP contribution < -0.4 is 10.6 Å². The van der Waals surface area contributed by atoms with E-state index < -0.39 is 0 Å². The Hall–Kier alpha value is -1.23. The maximum Gasteiger partial charge on any atom is 0.161 e. The molecule has 1 rings (SSSR count). The fraction of sp³-hybridized carbons (Fsp3) is 0.667. The highest BCUT2D eigenvalue weighted by Gasteiger charge is 2.15. The Morgan fingerprint density at radius 3 is 2.20 bits per heavy atom. The number of nitrogens with two attached hydrogens (primary N) is 1. The van der Waals surface area contributed by atoms with Gasteiger partial charge in [-0.2, -0.15) is 5.10 Å². The average molecular weight is 294 g/mol. The molecule has 0 fully saturated rings. The van der Waals surface area contributed by atoms with Crippen molar-refractivity contribution in [2.75, 3.05) is 18.0 Å². The van der Waals surface area contributed by atoms with Crippen molar-refractivity contribution < 1.29 is 0 Å². The van der Waals surface area contributed by atoms with Gasteiger partial charge < -0.3 is 10.6 Å². The van der Waals surface area contributed by atoms with Crippen molar-refractivity contribution in [3.05, 3.63) is 17.8 Å². The Bertz CT molecular complexity index is 420. The van der Waals surface area contributed by atoms with Crippen molar-refractivity contribution in [2.24, 2.45) is 17.6 Å². The first-order valence-corrected chi connectivity index (χ1v) is 7.69. The fourth-order valence-corrected chi connectivity index (χ4v) is 2.06. The Kier molecular flexibility index (Phi) is 6.85. The number of hydrogen-bond acceptors (Lipinski definition) is 4. The predicted octanol–water partition coefficient (Wildman–Crippen LogP) is 3.01. The van der Waals surface area contributed by atoms with E-state index in [9.17, 15) is 0 Å². The molecule has 1 aromatic heterocycles. The van der Waals surface area contributed by atoms with Crippen molar-refractivity contribution in [2.45, 2.75) is 40.5 Å². The maximum atomic E-state index is 5.80. The SMILES string of the molecule is CC(C)CCN(CCC(C)C)c1nnccc1C(N)=S. The lowest BCUT2D eigenvalue weighted by Gasteiger charge is -2.26. The number of aromatic nitrogens is 2. The molecule has 0 aromatic carbocycles. The maximum absolute atomic E-state index is 5.80. The first-order valence-electron chi connectivity index (χ1n) is 7.28. The van der Waals surface area contributed by atoms with Crippen LogP contribution in [0.25, 0.3) is 0 Å². The third kappa shape index (κ3) is 5.41. The quantitative estimate of drug-likeness (QED) is 0.747. The zero-order chi connectivity index (χ0) is 15.1. The van der Waals surface area contributed by atoms with Gasteiger partial charge in [0.25, 0.3) is 0 Å². The van der Waals surface area contributed by atoms with Gasteiger partial charge in [0.2, 0.25) is 0 Å². The number of thiocarbonyl (C=S) groups is 1. The molecule has 0 atom stereocenters. The summed E-state index contributed by atoms with van der Waals surface area (Å²) in [5, 5.41) is 8.26. The number of rotatable bonds is 8. The van der Waals surface area contributed by atoms with Crippen LogP contribution in [0.5, 0.6) is 0 Å². The van der Waals surface area contributed by atoms with Gasteiger partial charge in [0.05, 0.1) is 11.8 Å². The molecule has 0 aliphatic carbocycles. The summed E-state index contributed by atoms with van der Waals surface area (Å²) in [5.74, 6) is 2.13. The lowest BCUT2D eigenvalue weighted by Crippen LogP contribution is -2.31. The number of nitrogens with zero attached hydrogens (tertiary/aromatic N) is 3. The van der Waals surface area contributed by atoms with Gasteiger partial charge in [0.15, 0.2) is 5.82 Å². The highest BCUT2D eigenvalue weighted by atomic mass is 32.1. The van der Waals surface area contributed by atoms with Gasteiger partial charge in [-0.05, 0) is 30.7 Å². The van der Waals surface area contributed by atoms with Crippen LogP contribution in [0, 0.1) is 11.8 Å². The van der Waals surface area contributed by atoms with Crippen LogP contribution >= 0.6 is 12.2 Å². The van der Waals surface area contributed by atoms with Crippen LogP contribution in [0.4, 0.5) is 5.82 Å². The van der Waals surface area contributed by atoms with E-state index in [1.54, 1.807) is 6.20 Å². The molecule has 2 N–H and O–H groups in total. The molecule has 0 bridgehead atoms. The second-order valence-corrected chi connectivity index (χ2v) is 6.42. The van der Waals surface area contributed by atoms with Crippen molar-refractivity contribution in [1.29, 1.82) is 0 Å². The normalized spacial score (nSPS) is 11.1. The van der Waals surface area contributed by atoms with Crippen LogP contribution in [0.2, 0.25) is 0 Å². The Morgan fingerprint density at radius 2 is 1.75 bits per heavy atom. The van der Waals surface area contributed by atoms with Crippen LogP contribution in [-0.2, 0) is 0 Å². The topological polar surface area (TPSA) is 55.0 Å². The highest BCUT2D eigenvalue weighted by Crippen LogP contribution is 2.19. The Balaban J connectivity index is 2.93. The molecule has 0 saturated carbocycles. The van der Waals surface area contributed by atoms with Gasteiger partial charge in [0.1, 0.15) is 4.99 Å². The molecule has 0 aliphatic rings. The summed E-state index contributed by atoms with van der Waals surface area (Å²) in [7, 11) is 0. The minimum Gasteiger partial charge on any atom is -0.389 e. The number of anilines is 1. The van der Waals surface area contributed by atoms with E-state index in [1.807, 2.05) is 6.07 Å². The van der Waals surface area contributed by atoms with E-state index in [0.29, 0.717) is 16.8 Å². The van der Waals surface area contributed by atoms with E-state index in [4.69, 9.17) is 18.0 Å². The Labute approximate surface area is 127 Å². The second kappa shape index (κ2) is 8.15. The fourth-order valence-electron chi connectivity index (χ4n) is 1.90. The summed E-state index contributed by atoms with van der Waals surface area (Å²) >= 11 is 5.12. The lowest BCUT2D eigenvalue weighted by atomic mass is 10.1. The van der Waals surface area contributed by atoms with Crippen molar-refractivity contribution in [1.82, 2.24) is 10.2 Å². The molecule has 4 nitrogen and oxygen atoms in total. The Morgan fingerprint density at radius 1 is 1.20 bits per heavy atom. The van der Waals surface area contributed by atoms with Crippen molar-refractivity contribution in [3.8, 4) is 0 Å².